The number of rotatable bonds is 37. The van der Waals surface area contributed by atoms with Gasteiger partial charge in [-0.2, -0.15) is 0 Å². The van der Waals surface area contributed by atoms with E-state index >= 15 is 0 Å². The molecule has 0 fully saturated rings. The predicted molar refractivity (Wildman–Crippen MR) is 246 cm³/mol. The number of nitrogens with two attached hydrogens (primary N) is 2. The van der Waals surface area contributed by atoms with Crippen LogP contribution in [-0.2, 0) is 0 Å². The first kappa shape index (κ1) is 48.6. The third-order valence-electron chi connectivity index (χ3n) is 12.9. The van der Waals surface area contributed by atoms with Crippen LogP contribution in [0, 0.1) is 23.7 Å². The van der Waals surface area contributed by atoms with Crippen molar-refractivity contribution in [3.05, 3.63) is 24.3 Å². The summed E-state index contributed by atoms with van der Waals surface area (Å²) in [6.07, 6.45) is 42.7. The Morgan fingerprint density at radius 1 is 0.571 bits per heavy atom. The zero-order chi connectivity index (χ0) is 39.7. The first-order valence-electron chi connectivity index (χ1n) is 24.4. The number of allylic oxidation sites excluding steroid dienone is 4. The number of nitrogens with zero attached hydrogens (tertiary/aromatic N) is 4. The van der Waals surface area contributed by atoms with Gasteiger partial charge in [-0.25, -0.2) is 0 Å². The molecule has 6 N–H and O–H groups in total. The van der Waals surface area contributed by atoms with Gasteiger partial charge in [-0.05, 0) is 75.0 Å². The Morgan fingerprint density at radius 3 is 1.61 bits per heavy atom. The van der Waals surface area contributed by atoms with Crippen LogP contribution in [0.1, 0.15) is 168 Å². The van der Waals surface area contributed by atoms with Crippen LogP contribution in [0.15, 0.2) is 34.3 Å². The van der Waals surface area contributed by atoms with Crippen LogP contribution >= 0.6 is 0 Å². The highest BCUT2D eigenvalue weighted by Crippen LogP contribution is 2.44. The fourth-order valence-corrected chi connectivity index (χ4v) is 9.58. The summed E-state index contributed by atoms with van der Waals surface area (Å²) in [5.74, 6) is 5.90. The van der Waals surface area contributed by atoms with Gasteiger partial charge in [0.05, 0.1) is 24.8 Å². The van der Waals surface area contributed by atoms with Crippen LogP contribution in [-0.4, -0.2) is 100 Å². The Labute approximate surface area is 347 Å². The van der Waals surface area contributed by atoms with E-state index in [0.29, 0.717) is 13.1 Å². The molecular weight excluding hydrogens is 689 g/mol. The molecule has 0 amide bonds. The van der Waals surface area contributed by atoms with E-state index in [2.05, 4.69) is 58.6 Å². The first-order chi connectivity index (χ1) is 27.7. The second-order valence-corrected chi connectivity index (χ2v) is 17.4. The lowest BCUT2D eigenvalue weighted by atomic mass is 9.65. The van der Waals surface area contributed by atoms with E-state index in [-0.39, 0.29) is 0 Å². The molecule has 0 aromatic heterocycles. The van der Waals surface area contributed by atoms with Crippen LogP contribution in [0.4, 0.5) is 0 Å². The Hall–Kier alpha value is -1.74. The highest BCUT2D eigenvalue weighted by atomic mass is 15.2. The average Bonchev–Trinajstić information content (AvgIpc) is 3.87. The summed E-state index contributed by atoms with van der Waals surface area (Å²) in [4.78, 5) is 14.7. The summed E-state index contributed by atoms with van der Waals surface area (Å²) in [7, 11) is 0. The van der Waals surface area contributed by atoms with E-state index in [1.807, 2.05) is 0 Å². The van der Waals surface area contributed by atoms with Crippen molar-refractivity contribution in [3.8, 4) is 0 Å². The average molecular weight is 781 g/mol. The van der Waals surface area contributed by atoms with Crippen molar-refractivity contribution in [2.24, 2.45) is 45.1 Å². The van der Waals surface area contributed by atoms with Gasteiger partial charge in [0.2, 0.25) is 0 Å². The van der Waals surface area contributed by atoms with Crippen LogP contribution < -0.4 is 22.1 Å². The van der Waals surface area contributed by atoms with E-state index in [4.69, 9.17) is 21.5 Å². The number of aliphatic imine (C=N–C) groups is 2. The zero-order valence-electron chi connectivity index (χ0n) is 37.0. The molecule has 8 nitrogen and oxygen atoms in total. The minimum Gasteiger partial charge on any atom is -0.357 e. The molecule has 4 atom stereocenters. The van der Waals surface area contributed by atoms with Crippen LogP contribution in [0.3, 0.4) is 0 Å². The maximum absolute atomic E-state index is 5.65. The fourth-order valence-electron chi connectivity index (χ4n) is 9.58. The predicted octanol–water partition coefficient (Wildman–Crippen LogP) is 9.50. The quantitative estimate of drug-likeness (QED) is 0.0370. The molecule has 2 aliphatic heterocycles. The monoisotopic (exact) mass is 781 g/mol. The lowest BCUT2D eigenvalue weighted by Crippen LogP contribution is -2.36. The highest BCUT2D eigenvalue weighted by molar-refractivity contribution is 5.84. The summed E-state index contributed by atoms with van der Waals surface area (Å²) in [5.41, 5.74) is 11.3. The van der Waals surface area contributed by atoms with Crippen molar-refractivity contribution in [1.29, 1.82) is 0 Å². The van der Waals surface area contributed by atoms with Crippen molar-refractivity contribution in [3.63, 3.8) is 0 Å². The van der Waals surface area contributed by atoms with Gasteiger partial charge in [0, 0.05) is 78.3 Å². The molecule has 8 heteroatoms. The van der Waals surface area contributed by atoms with E-state index in [1.54, 1.807) is 0 Å². The van der Waals surface area contributed by atoms with Crippen LogP contribution in [0.5, 0.6) is 0 Å². The third kappa shape index (κ3) is 20.8. The molecular formula is C48H92N8. The standard InChI is InChI=1S/C48H92N8/c1-3-5-7-9-13-19-25-45-43(23-17-8-6-4-2)29-30-44(24-18-12-10-15-21-27-47-53-37-41-55(47)39-35-51-33-31-49)46(45)26-20-14-11-16-22-28-48-54-38-42-56(48)40-36-52-34-32-50/h13,19,29-30,43-46,51-52H,3-12,14-18,20-28,31-42,49-50H2,1-2H3. The SMILES string of the molecule is CCCCCC=CCC1C(CCCCCC)C=CC(CCCCCCCC2=NCCN2CCNCCN)C1CCCCCCCC1=NCCN1CCNCCN. The number of hydrogen-bond acceptors (Lipinski definition) is 8. The maximum atomic E-state index is 5.65. The Kier molecular flexibility index (Phi) is 28.8. The Morgan fingerprint density at radius 2 is 1.05 bits per heavy atom. The number of nitrogens with one attached hydrogen (secondary N) is 2. The lowest BCUT2D eigenvalue weighted by molar-refractivity contribution is 0.159. The van der Waals surface area contributed by atoms with Crippen LogP contribution in [0.25, 0.3) is 0 Å². The second kappa shape index (κ2) is 33.1. The number of hydrogen-bond donors (Lipinski definition) is 4. The molecule has 3 aliphatic rings. The van der Waals surface area contributed by atoms with Crippen molar-refractivity contribution in [2.45, 2.75) is 168 Å². The van der Waals surface area contributed by atoms with Crippen molar-refractivity contribution in [2.75, 3.05) is 78.5 Å². The topological polar surface area (TPSA) is 107 Å². The Balaban J connectivity index is 1.47. The molecule has 3 rings (SSSR count). The van der Waals surface area contributed by atoms with Gasteiger partial charge in [0.25, 0.3) is 0 Å². The number of amidine groups is 2. The van der Waals surface area contributed by atoms with Gasteiger partial charge < -0.3 is 31.9 Å². The van der Waals surface area contributed by atoms with E-state index in [0.717, 1.165) is 102 Å². The minimum absolute atomic E-state index is 0.710. The molecule has 0 bridgehead atoms. The lowest BCUT2D eigenvalue weighted by Gasteiger charge is -2.40. The zero-order valence-corrected chi connectivity index (χ0v) is 37.0. The molecule has 0 radical (unpaired) electrons. The summed E-state index contributed by atoms with van der Waals surface area (Å²) < 4.78 is 0. The fraction of sp³-hybridized carbons (Fsp3) is 0.875. The van der Waals surface area contributed by atoms with Gasteiger partial charge in [0.1, 0.15) is 0 Å². The summed E-state index contributed by atoms with van der Waals surface area (Å²) >= 11 is 0. The first-order valence-corrected chi connectivity index (χ1v) is 24.4. The maximum Gasteiger partial charge on any atom is 0.0990 e. The molecule has 0 saturated heterocycles. The molecule has 2 heterocycles. The van der Waals surface area contributed by atoms with Gasteiger partial charge in [-0.3, -0.25) is 9.98 Å². The minimum atomic E-state index is 0.710. The van der Waals surface area contributed by atoms with Gasteiger partial charge >= 0.3 is 0 Å². The molecule has 0 spiro atoms. The van der Waals surface area contributed by atoms with E-state index in [1.165, 1.54) is 153 Å². The Bertz CT molecular complexity index is 1060. The summed E-state index contributed by atoms with van der Waals surface area (Å²) in [6.45, 7) is 16.2. The molecule has 0 aromatic carbocycles. The van der Waals surface area contributed by atoms with Crippen LogP contribution in [0.2, 0.25) is 0 Å². The number of unbranched alkanes of at least 4 members (excludes halogenated alkanes) is 14. The smallest absolute Gasteiger partial charge is 0.0990 e. The van der Waals surface area contributed by atoms with Crippen molar-refractivity contribution >= 4 is 11.7 Å². The third-order valence-corrected chi connectivity index (χ3v) is 12.9. The van der Waals surface area contributed by atoms with Crippen molar-refractivity contribution in [1.82, 2.24) is 20.4 Å². The van der Waals surface area contributed by atoms with Crippen molar-refractivity contribution < 1.29 is 0 Å². The molecule has 56 heavy (non-hydrogen) atoms. The summed E-state index contributed by atoms with van der Waals surface area (Å²) in [5, 5.41) is 6.89. The second-order valence-electron chi connectivity index (χ2n) is 17.4. The van der Waals surface area contributed by atoms with Gasteiger partial charge in [0.15, 0.2) is 0 Å². The van der Waals surface area contributed by atoms with E-state index in [9.17, 15) is 0 Å². The molecule has 324 valence electrons. The van der Waals surface area contributed by atoms with E-state index < -0.39 is 0 Å². The molecule has 0 saturated carbocycles. The molecule has 1 aliphatic carbocycles. The summed E-state index contributed by atoms with van der Waals surface area (Å²) in [6, 6.07) is 0. The largest absolute Gasteiger partial charge is 0.357 e. The highest BCUT2D eigenvalue weighted by Gasteiger charge is 2.34. The molecule has 4 unspecified atom stereocenters. The van der Waals surface area contributed by atoms with Gasteiger partial charge in [-0.1, -0.05) is 128 Å². The van der Waals surface area contributed by atoms with Gasteiger partial charge in [-0.15, -0.1) is 0 Å². The molecule has 0 aromatic rings. The normalized spacial score (nSPS) is 21.2.